The van der Waals surface area contributed by atoms with Gasteiger partial charge in [-0.2, -0.15) is 0 Å². The van der Waals surface area contributed by atoms with Crippen molar-refractivity contribution in [3.05, 3.63) is 58.9 Å². The molecule has 1 heterocycles. The number of hydrogen-bond acceptors (Lipinski definition) is 3. The third-order valence-electron chi connectivity index (χ3n) is 3.53. The molecular formula is C17H14FNO3. The standard InChI is InChI=1S/C17H14FNO3/c1-10-6-12(18)3-4-13(10)15(20)8-11-2-5-16-14(7-11)19-17(21)9-22-16/h2-7H,8-9H2,1H3,(H,19,21). The zero-order valence-corrected chi connectivity index (χ0v) is 12.0. The second kappa shape index (κ2) is 5.60. The Hall–Kier alpha value is -2.69. The summed E-state index contributed by atoms with van der Waals surface area (Å²) in [6.45, 7) is 1.71. The number of hydrogen-bond donors (Lipinski definition) is 1. The van der Waals surface area contributed by atoms with Crippen molar-refractivity contribution in [3.63, 3.8) is 0 Å². The highest BCUT2D eigenvalue weighted by Crippen LogP contribution is 2.29. The maximum absolute atomic E-state index is 13.1. The molecular weight excluding hydrogens is 285 g/mol. The molecule has 0 aliphatic carbocycles. The van der Waals surface area contributed by atoms with E-state index in [2.05, 4.69) is 5.32 Å². The molecule has 0 bridgehead atoms. The maximum Gasteiger partial charge on any atom is 0.262 e. The third-order valence-corrected chi connectivity index (χ3v) is 3.53. The normalized spacial score (nSPS) is 13.1. The number of benzene rings is 2. The predicted octanol–water partition coefficient (Wildman–Crippen LogP) is 2.89. The van der Waals surface area contributed by atoms with E-state index in [-0.39, 0.29) is 30.5 Å². The number of amides is 1. The monoisotopic (exact) mass is 299 g/mol. The van der Waals surface area contributed by atoms with E-state index in [9.17, 15) is 14.0 Å². The summed E-state index contributed by atoms with van der Waals surface area (Å²) in [5, 5.41) is 2.71. The summed E-state index contributed by atoms with van der Waals surface area (Å²) in [6, 6.07) is 9.36. The van der Waals surface area contributed by atoms with Gasteiger partial charge >= 0.3 is 0 Å². The fourth-order valence-corrected chi connectivity index (χ4v) is 2.46. The second-order valence-electron chi connectivity index (χ2n) is 5.23. The van der Waals surface area contributed by atoms with Crippen LogP contribution in [0.1, 0.15) is 21.5 Å². The number of fused-ring (bicyclic) bond motifs is 1. The van der Waals surface area contributed by atoms with Crippen molar-refractivity contribution in [2.45, 2.75) is 13.3 Å². The molecule has 3 rings (SSSR count). The summed E-state index contributed by atoms with van der Waals surface area (Å²) in [4.78, 5) is 23.7. The van der Waals surface area contributed by atoms with Crippen molar-refractivity contribution < 1.29 is 18.7 Å². The van der Waals surface area contributed by atoms with Gasteiger partial charge in [-0.25, -0.2) is 4.39 Å². The molecule has 5 heteroatoms. The van der Waals surface area contributed by atoms with Crippen LogP contribution in [0.4, 0.5) is 10.1 Å². The van der Waals surface area contributed by atoms with Crippen LogP contribution in [0.2, 0.25) is 0 Å². The summed E-state index contributed by atoms with van der Waals surface area (Å²) < 4.78 is 18.4. The predicted molar refractivity (Wildman–Crippen MR) is 79.7 cm³/mol. The molecule has 0 saturated carbocycles. The van der Waals surface area contributed by atoms with Crippen molar-refractivity contribution in [2.24, 2.45) is 0 Å². The third kappa shape index (κ3) is 2.83. The van der Waals surface area contributed by atoms with Crippen LogP contribution in [0.5, 0.6) is 5.75 Å². The van der Waals surface area contributed by atoms with Crippen molar-refractivity contribution in [1.29, 1.82) is 0 Å². The van der Waals surface area contributed by atoms with Crippen LogP contribution >= 0.6 is 0 Å². The first-order valence-corrected chi connectivity index (χ1v) is 6.88. The zero-order valence-electron chi connectivity index (χ0n) is 12.0. The number of nitrogens with one attached hydrogen (secondary N) is 1. The van der Waals surface area contributed by atoms with Gasteiger partial charge in [-0.05, 0) is 48.4 Å². The highest BCUT2D eigenvalue weighted by Gasteiger charge is 2.17. The van der Waals surface area contributed by atoms with E-state index in [0.717, 1.165) is 5.56 Å². The van der Waals surface area contributed by atoms with Crippen molar-refractivity contribution in [1.82, 2.24) is 0 Å². The molecule has 22 heavy (non-hydrogen) atoms. The van der Waals surface area contributed by atoms with Crippen molar-refractivity contribution in [2.75, 3.05) is 11.9 Å². The van der Waals surface area contributed by atoms with Gasteiger partial charge in [0.2, 0.25) is 0 Å². The molecule has 1 amide bonds. The summed E-state index contributed by atoms with van der Waals surface area (Å²) >= 11 is 0. The number of halogens is 1. The minimum absolute atomic E-state index is 0.0000510. The largest absolute Gasteiger partial charge is 0.482 e. The van der Waals surface area contributed by atoms with Gasteiger partial charge in [0.25, 0.3) is 5.91 Å². The Morgan fingerprint density at radius 2 is 2.09 bits per heavy atom. The quantitative estimate of drug-likeness (QED) is 0.887. The molecule has 2 aromatic carbocycles. The van der Waals surface area contributed by atoms with Crippen LogP contribution in [-0.4, -0.2) is 18.3 Å². The molecule has 0 aromatic heterocycles. The number of Topliss-reactive ketones (excluding diaryl/α,β-unsaturated/α-hetero) is 1. The Balaban J connectivity index is 1.82. The van der Waals surface area contributed by atoms with Crippen LogP contribution in [-0.2, 0) is 11.2 Å². The molecule has 1 aliphatic heterocycles. The van der Waals surface area contributed by atoms with Crippen molar-refractivity contribution in [3.8, 4) is 5.75 Å². The summed E-state index contributed by atoms with van der Waals surface area (Å²) in [6.07, 6.45) is 0.176. The molecule has 112 valence electrons. The van der Waals surface area contributed by atoms with Gasteiger partial charge in [0.1, 0.15) is 11.6 Å². The van der Waals surface area contributed by atoms with E-state index in [4.69, 9.17) is 4.74 Å². The van der Waals surface area contributed by atoms with Crippen molar-refractivity contribution >= 4 is 17.4 Å². The highest BCUT2D eigenvalue weighted by atomic mass is 19.1. The molecule has 0 fully saturated rings. The lowest BCUT2D eigenvalue weighted by Crippen LogP contribution is -2.25. The van der Waals surface area contributed by atoms with Crippen LogP contribution in [0.15, 0.2) is 36.4 Å². The maximum atomic E-state index is 13.1. The smallest absolute Gasteiger partial charge is 0.262 e. The molecule has 4 nitrogen and oxygen atoms in total. The number of ketones is 1. The van der Waals surface area contributed by atoms with Gasteiger partial charge in [-0.3, -0.25) is 9.59 Å². The van der Waals surface area contributed by atoms with Gasteiger partial charge in [-0.1, -0.05) is 6.07 Å². The first kappa shape index (κ1) is 14.3. The molecule has 0 spiro atoms. The molecule has 0 unspecified atom stereocenters. The van der Waals surface area contributed by atoms with E-state index >= 15 is 0 Å². The molecule has 0 radical (unpaired) electrons. The first-order chi connectivity index (χ1) is 10.5. The van der Waals surface area contributed by atoms with E-state index in [1.165, 1.54) is 18.2 Å². The molecule has 0 atom stereocenters. The van der Waals surface area contributed by atoms with E-state index < -0.39 is 0 Å². The molecule has 2 aromatic rings. The Bertz CT molecular complexity index is 770. The van der Waals surface area contributed by atoms with E-state index in [1.807, 2.05) is 0 Å². The number of carbonyl (C=O) groups excluding carboxylic acids is 2. The summed E-state index contributed by atoms with van der Waals surface area (Å²) in [7, 11) is 0. The van der Waals surface area contributed by atoms with Gasteiger partial charge in [0.15, 0.2) is 12.4 Å². The van der Waals surface area contributed by atoms with Crippen LogP contribution in [0, 0.1) is 12.7 Å². The highest BCUT2D eigenvalue weighted by molar-refractivity contribution is 5.99. The van der Waals surface area contributed by atoms with Gasteiger partial charge in [0.05, 0.1) is 5.69 Å². The summed E-state index contributed by atoms with van der Waals surface area (Å²) in [5.41, 5.74) is 2.44. The minimum Gasteiger partial charge on any atom is -0.482 e. The fourth-order valence-electron chi connectivity index (χ4n) is 2.46. The van der Waals surface area contributed by atoms with E-state index in [1.54, 1.807) is 25.1 Å². The average molecular weight is 299 g/mol. The fraction of sp³-hybridized carbons (Fsp3) is 0.176. The lowest BCUT2D eigenvalue weighted by Gasteiger charge is -2.18. The average Bonchev–Trinajstić information content (AvgIpc) is 2.46. The summed E-state index contributed by atoms with van der Waals surface area (Å²) in [5.74, 6) is -0.0812. The van der Waals surface area contributed by atoms with Crippen LogP contribution in [0.3, 0.4) is 0 Å². The zero-order chi connectivity index (χ0) is 15.7. The topological polar surface area (TPSA) is 55.4 Å². The number of rotatable bonds is 3. The van der Waals surface area contributed by atoms with Crippen LogP contribution < -0.4 is 10.1 Å². The van der Waals surface area contributed by atoms with E-state index in [0.29, 0.717) is 22.6 Å². The Morgan fingerprint density at radius 1 is 1.27 bits per heavy atom. The Labute approximate surface area is 126 Å². The lowest BCUT2D eigenvalue weighted by molar-refractivity contribution is -0.118. The molecule has 1 aliphatic rings. The van der Waals surface area contributed by atoms with Gasteiger partial charge in [-0.15, -0.1) is 0 Å². The van der Waals surface area contributed by atoms with Gasteiger partial charge in [0, 0.05) is 12.0 Å². The Kier molecular flexibility index (Phi) is 3.63. The molecule has 0 saturated heterocycles. The Morgan fingerprint density at radius 3 is 2.86 bits per heavy atom. The van der Waals surface area contributed by atoms with Crippen LogP contribution in [0.25, 0.3) is 0 Å². The number of carbonyl (C=O) groups is 2. The first-order valence-electron chi connectivity index (χ1n) is 6.88. The SMILES string of the molecule is Cc1cc(F)ccc1C(=O)Cc1ccc2c(c1)NC(=O)CO2. The number of anilines is 1. The van der Waals surface area contributed by atoms with Gasteiger partial charge < -0.3 is 10.1 Å². The molecule has 1 N–H and O–H groups in total. The second-order valence-corrected chi connectivity index (χ2v) is 5.23. The number of ether oxygens (including phenoxy) is 1. The minimum atomic E-state index is -0.359. The lowest BCUT2D eigenvalue weighted by atomic mass is 9.98. The number of aryl methyl sites for hydroxylation is 1.